The number of nitrogens with two attached hydrogens (primary N) is 1. The molecule has 0 fully saturated rings. The molecule has 0 atom stereocenters. The van der Waals surface area contributed by atoms with Gasteiger partial charge in [-0.25, -0.2) is 0 Å². The maximum atomic E-state index is 12.4. The van der Waals surface area contributed by atoms with Gasteiger partial charge in [-0.05, 0) is 6.07 Å². The number of benzene rings is 1. The van der Waals surface area contributed by atoms with Gasteiger partial charge in [0.05, 0.1) is 6.54 Å². The molecule has 0 spiro atoms. The minimum absolute atomic E-state index is 0.0183. The highest BCUT2D eigenvalue weighted by molar-refractivity contribution is 5.77. The zero-order chi connectivity index (χ0) is 14.7. The monoisotopic (exact) mass is 288 g/mol. The number of fused-ring (bicyclic) bond motifs is 1. The van der Waals surface area contributed by atoms with Crippen LogP contribution in [0.2, 0.25) is 0 Å². The fourth-order valence-electron chi connectivity index (χ4n) is 1.79. The van der Waals surface area contributed by atoms with Crippen LogP contribution in [0.4, 0.5) is 8.78 Å². The van der Waals surface area contributed by atoms with E-state index in [0.29, 0.717) is 17.1 Å². The number of halogens is 2. The lowest BCUT2D eigenvalue weighted by molar-refractivity contribution is -0.128. The van der Waals surface area contributed by atoms with E-state index in [0.717, 1.165) is 0 Å². The number of rotatable bonds is 5. The Morgan fingerprint density at radius 3 is 2.70 bits per heavy atom. The third kappa shape index (κ3) is 3.08. The van der Waals surface area contributed by atoms with Gasteiger partial charge in [-0.2, -0.15) is 8.78 Å². The second-order valence-electron chi connectivity index (χ2n) is 4.15. The molecule has 0 saturated heterocycles. The molecule has 20 heavy (non-hydrogen) atoms. The molecule has 1 heterocycles. The lowest BCUT2D eigenvalue weighted by Crippen LogP contribution is -2.32. The molecule has 110 valence electrons. The summed E-state index contributed by atoms with van der Waals surface area (Å²) in [7, 11) is 1.52. The van der Waals surface area contributed by atoms with Crippen LogP contribution in [0.5, 0.6) is 17.2 Å². The maximum Gasteiger partial charge on any atom is 0.387 e. The summed E-state index contributed by atoms with van der Waals surface area (Å²) < 4.78 is 39.6. The Hall–Kier alpha value is -2.09. The SMILES string of the molecule is CN(Cc1cc2c(cc1OC(F)F)OCO2)C(=O)CN. The van der Waals surface area contributed by atoms with Crippen LogP contribution in [0, 0.1) is 0 Å². The summed E-state index contributed by atoms with van der Waals surface area (Å²) >= 11 is 0. The van der Waals surface area contributed by atoms with Crippen LogP contribution in [0.3, 0.4) is 0 Å². The number of hydrogen-bond acceptors (Lipinski definition) is 5. The molecule has 1 amide bonds. The lowest BCUT2D eigenvalue weighted by Gasteiger charge is -2.19. The first-order valence-corrected chi connectivity index (χ1v) is 5.82. The molecular weight excluding hydrogens is 274 g/mol. The molecule has 0 radical (unpaired) electrons. The molecule has 1 aliphatic rings. The summed E-state index contributed by atoms with van der Waals surface area (Å²) in [6.07, 6.45) is 0. The normalized spacial score (nSPS) is 12.7. The Bertz CT molecular complexity index is 510. The fraction of sp³-hybridized carbons (Fsp3) is 0.417. The Labute approximate surface area is 114 Å². The van der Waals surface area contributed by atoms with Gasteiger partial charge >= 0.3 is 6.61 Å². The van der Waals surface area contributed by atoms with Crippen molar-refractivity contribution in [2.75, 3.05) is 20.4 Å². The Morgan fingerprint density at radius 1 is 1.45 bits per heavy atom. The summed E-state index contributed by atoms with van der Waals surface area (Å²) in [6, 6.07) is 2.84. The topological polar surface area (TPSA) is 74.0 Å². The molecule has 0 aromatic heterocycles. The minimum atomic E-state index is -2.97. The molecule has 8 heteroatoms. The molecule has 1 aliphatic heterocycles. The lowest BCUT2D eigenvalue weighted by atomic mass is 10.1. The van der Waals surface area contributed by atoms with E-state index in [1.165, 1.54) is 24.1 Å². The van der Waals surface area contributed by atoms with Gasteiger partial charge in [-0.1, -0.05) is 0 Å². The minimum Gasteiger partial charge on any atom is -0.454 e. The van der Waals surface area contributed by atoms with Gasteiger partial charge in [-0.3, -0.25) is 4.79 Å². The van der Waals surface area contributed by atoms with Crippen LogP contribution in [-0.4, -0.2) is 37.8 Å². The zero-order valence-electron chi connectivity index (χ0n) is 10.8. The van der Waals surface area contributed by atoms with E-state index in [4.69, 9.17) is 15.2 Å². The van der Waals surface area contributed by atoms with Gasteiger partial charge in [0, 0.05) is 25.2 Å². The second kappa shape index (κ2) is 5.91. The van der Waals surface area contributed by atoms with Crippen LogP contribution in [-0.2, 0) is 11.3 Å². The average molecular weight is 288 g/mol. The van der Waals surface area contributed by atoms with E-state index in [-0.39, 0.29) is 31.5 Å². The largest absolute Gasteiger partial charge is 0.454 e. The number of carbonyl (C=O) groups is 1. The van der Waals surface area contributed by atoms with Crippen LogP contribution in [0.25, 0.3) is 0 Å². The third-order valence-corrected chi connectivity index (χ3v) is 2.78. The van der Waals surface area contributed by atoms with Gasteiger partial charge in [-0.15, -0.1) is 0 Å². The summed E-state index contributed by atoms with van der Waals surface area (Å²) in [5.74, 6) is 0.388. The third-order valence-electron chi connectivity index (χ3n) is 2.78. The zero-order valence-corrected chi connectivity index (χ0v) is 10.8. The summed E-state index contributed by atoms with van der Waals surface area (Å²) in [5, 5.41) is 0. The molecule has 0 saturated carbocycles. The van der Waals surface area contributed by atoms with Crippen molar-refractivity contribution < 1.29 is 27.8 Å². The predicted molar refractivity (Wildman–Crippen MR) is 64.7 cm³/mol. The number of hydrogen-bond donors (Lipinski definition) is 1. The summed E-state index contributed by atoms with van der Waals surface area (Å²) in [5.41, 5.74) is 5.64. The number of alkyl halides is 2. The van der Waals surface area contributed by atoms with Crippen molar-refractivity contribution in [3.8, 4) is 17.2 Å². The van der Waals surface area contributed by atoms with Gasteiger partial charge in [0.2, 0.25) is 12.7 Å². The van der Waals surface area contributed by atoms with Crippen molar-refractivity contribution in [1.29, 1.82) is 0 Å². The van der Waals surface area contributed by atoms with Crippen molar-refractivity contribution in [3.05, 3.63) is 17.7 Å². The van der Waals surface area contributed by atoms with Crippen molar-refractivity contribution in [3.63, 3.8) is 0 Å². The van der Waals surface area contributed by atoms with E-state index < -0.39 is 6.61 Å². The number of carbonyl (C=O) groups excluding carboxylic acids is 1. The molecule has 0 bridgehead atoms. The van der Waals surface area contributed by atoms with Gasteiger partial charge < -0.3 is 24.8 Å². The molecule has 1 aromatic carbocycles. The Balaban J connectivity index is 2.27. The van der Waals surface area contributed by atoms with E-state index in [9.17, 15) is 13.6 Å². The summed E-state index contributed by atoms with van der Waals surface area (Å²) in [6.45, 7) is -3.03. The standard InChI is InChI=1S/C12H14F2N2O4/c1-16(11(17)4-15)5-7-2-9-10(19-6-18-9)3-8(7)20-12(13)14/h2-3,12H,4-6,15H2,1H3. The smallest absolute Gasteiger partial charge is 0.387 e. The quantitative estimate of drug-likeness (QED) is 0.872. The van der Waals surface area contributed by atoms with Gasteiger partial charge in [0.25, 0.3) is 0 Å². The highest BCUT2D eigenvalue weighted by Gasteiger charge is 2.21. The van der Waals surface area contributed by atoms with Gasteiger partial charge in [0.15, 0.2) is 11.5 Å². The number of ether oxygens (including phenoxy) is 3. The predicted octanol–water partition coefficient (Wildman–Crippen LogP) is 0.934. The molecule has 0 aliphatic carbocycles. The van der Waals surface area contributed by atoms with E-state index in [1.807, 2.05) is 0 Å². The van der Waals surface area contributed by atoms with Crippen LogP contribution < -0.4 is 19.9 Å². The van der Waals surface area contributed by atoms with E-state index >= 15 is 0 Å². The van der Waals surface area contributed by atoms with Crippen molar-refractivity contribution in [1.82, 2.24) is 4.90 Å². The highest BCUT2D eigenvalue weighted by atomic mass is 19.3. The van der Waals surface area contributed by atoms with Crippen LogP contribution >= 0.6 is 0 Å². The first-order valence-electron chi connectivity index (χ1n) is 5.82. The first-order chi connectivity index (χ1) is 9.51. The van der Waals surface area contributed by atoms with Crippen LogP contribution in [0.15, 0.2) is 12.1 Å². The van der Waals surface area contributed by atoms with Gasteiger partial charge in [0.1, 0.15) is 5.75 Å². The molecule has 2 N–H and O–H groups in total. The van der Waals surface area contributed by atoms with Crippen LogP contribution in [0.1, 0.15) is 5.56 Å². The number of amides is 1. The van der Waals surface area contributed by atoms with E-state index in [2.05, 4.69) is 4.74 Å². The molecule has 0 unspecified atom stereocenters. The second-order valence-corrected chi connectivity index (χ2v) is 4.15. The maximum absolute atomic E-state index is 12.4. The van der Waals surface area contributed by atoms with Crippen molar-refractivity contribution >= 4 is 5.91 Å². The average Bonchev–Trinajstić information content (AvgIpc) is 2.84. The van der Waals surface area contributed by atoms with Crippen molar-refractivity contribution in [2.45, 2.75) is 13.2 Å². The molecule has 1 aromatic rings. The molecule has 6 nitrogen and oxygen atoms in total. The number of nitrogens with zero attached hydrogens (tertiary/aromatic N) is 1. The number of likely N-dealkylation sites (N-methyl/N-ethyl adjacent to an activating group) is 1. The van der Waals surface area contributed by atoms with E-state index in [1.54, 1.807) is 0 Å². The Morgan fingerprint density at radius 2 is 2.10 bits per heavy atom. The van der Waals surface area contributed by atoms with Crippen molar-refractivity contribution in [2.24, 2.45) is 5.73 Å². The molecular formula is C12H14F2N2O4. The first kappa shape index (κ1) is 14.3. The summed E-state index contributed by atoms with van der Waals surface area (Å²) in [4.78, 5) is 12.8. The molecule has 2 rings (SSSR count). The Kier molecular flexibility index (Phi) is 4.23. The highest BCUT2D eigenvalue weighted by Crippen LogP contribution is 2.39. The fourth-order valence-corrected chi connectivity index (χ4v) is 1.79.